The SMILES string of the molecule is COc1cc(S(=O)(=O)NC(C)C2CC3CCC2CC3)c(C)cc1NC(=O)c1ccccc1C. The first-order valence-corrected chi connectivity index (χ1v) is 13.3. The monoisotopic (exact) mass is 470 g/mol. The molecular weight excluding hydrogens is 436 g/mol. The average molecular weight is 471 g/mol. The number of fused-ring (bicyclic) bond motifs is 3. The van der Waals surface area contributed by atoms with Gasteiger partial charge in [-0.05, 0) is 81.0 Å². The van der Waals surface area contributed by atoms with Crippen molar-refractivity contribution in [2.75, 3.05) is 12.4 Å². The number of carbonyl (C=O) groups excluding carboxylic acids is 1. The molecule has 0 spiro atoms. The van der Waals surface area contributed by atoms with E-state index < -0.39 is 10.0 Å². The van der Waals surface area contributed by atoms with Gasteiger partial charge in [0, 0.05) is 17.7 Å². The molecular formula is C26H34N2O4S. The number of methoxy groups -OCH3 is 1. The molecule has 3 fully saturated rings. The summed E-state index contributed by atoms with van der Waals surface area (Å²) in [5.74, 6) is 1.79. The van der Waals surface area contributed by atoms with E-state index in [2.05, 4.69) is 10.0 Å². The Morgan fingerprint density at radius 2 is 1.76 bits per heavy atom. The number of amides is 1. The molecule has 0 heterocycles. The van der Waals surface area contributed by atoms with E-state index in [9.17, 15) is 13.2 Å². The highest BCUT2D eigenvalue weighted by molar-refractivity contribution is 7.89. The van der Waals surface area contributed by atoms with Crippen molar-refractivity contribution in [2.24, 2.45) is 17.8 Å². The summed E-state index contributed by atoms with van der Waals surface area (Å²) in [5, 5.41) is 2.87. The van der Waals surface area contributed by atoms with E-state index in [4.69, 9.17) is 4.74 Å². The van der Waals surface area contributed by atoms with E-state index in [1.165, 1.54) is 38.9 Å². The van der Waals surface area contributed by atoms with Gasteiger partial charge in [-0.15, -0.1) is 0 Å². The Hall–Kier alpha value is -2.38. The standard InChI is InChI=1S/C26H34N2O4S/c1-16-7-5-6-8-21(16)26(29)27-23-13-17(2)25(15-24(23)32-4)33(30,31)28-18(3)22-14-19-9-11-20(22)12-10-19/h5-8,13,15,18-20,22,28H,9-12,14H2,1-4H3,(H,27,29). The molecule has 2 aromatic carbocycles. The predicted molar refractivity (Wildman–Crippen MR) is 130 cm³/mol. The highest BCUT2D eigenvalue weighted by Gasteiger charge is 2.39. The Bertz CT molecular complexity index is 1140. The van der Waals surface area contributed by atoms with Crippen LogP contribution in [0.1, 0.15) is 60.5 Å². The molecule has 3 saturated carbocycles. The molecule has 7 heteroatoms. The van der Waals surface area contributed by atoms with E-state index in [0.717, 1.165) is 17.9 Å². The van der Waals surface area contributed by atoms with Gasteiger partial charge < -0.3 is 10.1 Å². The van der Waals surface area contributed by atoms with E-state index in [1.807, 2.05) is 32.0 Å². The molecule has 2 aromatic rings. The van der Waals surface area contributed by atoms with Crippen LogP contribution in [0.25, 0.3) is 0 Å². The third-order valence-corrected chi connectivity index (χ3v) is 9.21. The van der Waals surface area contributed by atoms with Crippen LogP contribution in [0.5, 0.6) is 5.75 Å². The lowest BCUT2D eigenvalue weighted by molar-refractivity contribution is 0.0810. The molecule has 0 aromatic heterocycles. The fourth-order valence-corrected chi connectivity index (χ4v) is 7.22. The number of anilines is 1. The quantitative estimate of drug-likeness (QED) is 0.593. The summed E-state index contributed by atoms with van der Waals surface area (Å²) in [5.41, 5.74) is 2.42. The fraction of sp³-hybridized carbons (Fsp3) is 0.500. The van der Waals surface area contributed by atoms with Crippen molar-refractivity contribution >= 4 is 21.6 Å². The maximum atomic E-state index is 13.3. The number of hydrogen-bond donors (Lipinski definition) is 2. The summed E-state index contributed by atoms with van der Waals surface area (Å²) in [6.45, 7) is 5.61. The molecule has 3 aliphatic rings. The van der Waals surface area contributed by atoms with Crippen LogP contribution in [0, 0.1) is 31.6 Å². The van der Waals surface area contributed by atoms with Gasteiger partial charge >= 0.3 is 0 Å². The molecule has 0 radical (unpaired) electrons. The predicted octanol–water partition coefficient (Wildman–Crippen LogP) is 5.06. The number of carbonyl (C=O) groups is 1. The first-order chi connectivity index (χ1) is 15.7. The Morgan fingerprint density at radius 1 is 1.06 bits per heavy atom. The summed E-state index contributed by atoms with van der Waals surface area (Å²) in [4.78, 5) is 13.0. The molecule has 1 amide bonds. The van der Waals surface area contributed by atoms with Crippen molar-refractivity contribution in [2.45, 2.75) is 63.8 Å². The largest absolute Gasteiger partial charge is 0.495 e. The summed E-state index contributed by atoms with van der Waals surface area (Å²) < 4.78 is 35.1. The highest BCUT2D eigenvalue weighted by Crippen LogP contribution is 2.46. The Morgan fingerprint density at radius 3 is 2.36 bits per heavy atom. The van der Waals surface area contributed by atoms with Crippen molar-refractivity contribution < 1.29 is 17.9 Å². The molecule has 2 bridgehead atoms. The van der Waals surface area contributed by atoms with Crippen LogP contribution in [-0.2, 0) is 10.0 Å². The van der Waals surface area contributed by atoms with Crippen LogP contribution in [0.15, 0.2) is 41.3 Å². The fourth-order valence-electron chi connectivity index (χ4n) is 5.68. The molecule has 2 atom stereocenters. The zero-order valence-electron chi connectivity index (χ0n) is 19.9. The molecule has 2 N–H and O–H groups in total. The number of rotatable bonds is 7. The second-order valence-corrected chi connectivity index (χ2v) is 11.4. The van der Waals surface area contributed by atoms with Gasteiger partial charge in [0.15, 0.2) is 0 Å². The third kappa shape index (κ3) is 4.94. The van der Waals surface area contributed by atoms with E-state index in [-0.39, 0.29) is 16.8 Å². The number of ether oxygens (including phenoxy) is 1. The Balaban J connectivity index is 1.55. The summed E-state index contributed by atoms with van der Waals surface area (Å²) in [6.07, 6.45) is 6.10. The van der Waals surface area contributed by atoms with E-state index in [1.54, 1.807) is 19.1 Å². The van der Waals surface area contributed by atoms with Crippen molar-refractivity contribution in [3.8, 4) is 5.75 Å². The Labute approximate surface area is 197 Å². The van der Waals surface area contributed by atoms with E-state index >= 15 is 0 Å². The third-order valence-electron chi connectivity index (χ3n) is 7.51. The number of aryl methyl sites for hydroxylation is 2. The van der Waals surface area contributed by atoms with Gasteiger partial charge in [0.2, 0.25) is 10.0 Å². The average Bonchev–Trinajstić information content (AvgIpc) is 2.79. The normalized spacial score (nSPS) is 23.2. The van der Waals surface area contributed by atoms with Crippen molar-refractivity contribution in [3.63, 3.8) is 0 Å². The molecule has 0 saturated heterocycles. The zero-order valence-corrected chi connectivity index (χ0v) is 20.7. The van der Waals surface area contributed by atoms with Gasteiger partial charge in [-0.2, -0.15) is 0 Å². The first kappa shape index (κ1) is 23.8. The number of nitrogens with one attached hydrogen (secondary N) is 2. The maximum absolute atomic E-state index is 13.3. The second-order valence-electron chi connectivity index (χ2n) is 9.68. The van der Waals surface area contributed by atoms with Gasteiger partial charge in [-0.25, -0.2) is 13.1 Å². The maximum Gasteiger partial charge on any atom is 0.256 e. The highest BCUT2D eigenvalue weighted by atomic mass is 32.2. The van der Waals surface area contributed by atoms with Crippen LogP contribution in [-0.4, -0.2) is 27.5 Å². The molecule has 33 heavy (non-hydrogen) atoms. The van der Waals surface area contributed by atoms with Crippen LogP contribution in [0.2, 0.25) is 0 Å². The van der Waals surface area contributed by atoms with Gasteiger partial charge in [-0.1, -0.05) is 31.0 Å². The minimum atomic E-state index is -3.74. The molecule has 178 valence electrons. The van der Waals surface area contributed by atoms with Crippen LogP contribution in [0.4, 0.5) is 5.69 Å². The lowest BCUT2D eigenvalue weighted by Gasteiger charge is -2.45. The van der Waals surface area contributed by atoms with Gasteiger partial charge in [-0.3, -0.25) is 4.79 Å². The van der Waals surface area contributed by atoms with Crippen LogP contribution in [0.3, 0.4) is 0 Å². The first-order valence-electron chi connectivity index (χ1n) is 11.8. The van der Waals surface area contributed by atoms with Crippen molar-refractivity contribution in [1.29, 1.82) is 0 Å². The van der Waals surface area contributed by atoms with Crippen LogP contribution >= 0.6 is 0 Å². The van der Waals surface area contributed by atoms with Crippen molar-refractivity contribution in [1.82, 2.24) is 4.72 Å². The molecule has 0 aliphatic heterocycles. The van der Waals surface area contributed by atoms with Gasteiger partial charge in [0.25, 0.3) is 5.91 Å². The summed E-state index contributed by atoms with van der Waals surface area (Å²) >= 11 is 0. The smallest absolute Gasteiger partial charge is 0.256 e. The summed E-state index contributed by atoms with van der Waals surface area (Å²) in [7, 11) is -2.26. The summed E-state index contributed by atoms with van der Waals surface area (Å²) in [6, 6.07) is 10.4. The van der Waals surface area contributed by atoms with Gasteiger partial charge in [0.1, 0.15) is 5.75 Å². The lowest BCUT2D eigenvalue weighted by atomic mass is 9.63. The lowest BCUT2D eigenvalue weighted by Crippen LogP contribution is -2.45. The van der Waals surface area contributed by atoms with Crippen LogP contribution < -0.4 is 14.8 Å². The zero-order chi connectivity index (χ0) is 23.8. The van der Waals surface area contributed by atoms with E-state index in [0.29, 0.717) is 34.4 Å². The molecule has 6 nitrogen and oxygen atoms in total. The minimum absolute atomic E-state index is 0.117. The number of benzene rings is 2. The number of hydrogen-bond acceptors (Lipinski definition) is 4. The second kappa shape index (κ2) is 9.47. The molecule has 2 unspecified atom stereocenters. The number of sulfonamides is 1. The molecule has 5 rings (SSSR count). The van der Waals surface area contributed by atoms with Gasteiger partial charge in [0.05, 0.1) is 17.7 Å². The van der Waals surface area contributed by atoms with Crippen molar-refractivity contribution in [3.05, 3.63) is 53.1 Å². The minimum Gasteiger partial charge on any atom is -0.495 e. The Kier molecular flexibility index (Phi) is 6.82. The molecule has 3 aliphatic carbocycles. The topological polar surface area (TPSA) is 84.5 Å².